The van der Waals surface area contributed by atoms with Gasteiger partial charge in [0, 0.05) is 0 Å². The van der Waals surface area contributed by atoms with Gasteiger partial charge in [0.15, 0.2) is 5.92 Å². The number of rotatable bonds is 3. The molecule has 1 unspecified atom stereocenters. The van der Waals surface area contributed by atoms with Gasteiger partial charge in [-0.05, 0) is 19.2 Å². The van der Waals surface area contributed by atoms with Crippen LogP contribution in [0.4, 0.5) is 26.3 Å². The molecule has 1 aromatic heterocycles. The Morgan fingerprint density at radius 3 is 1.94 bits per heavy atom. The summed E-state index contributed by atoms with van der Waals surface area (Å²) in [6, 6.07) is 0.291. The fraction of sp³-hybridized carbons (Fsp3) is 0.556. The van der Waals surface area contributed by atoms with E-state index in [0.717, 1.165) is 19.4 Å². The van der Waals surface area contributed by atoms with Gasteiger partial charge in [0.2, 0.25) is 0 Å². The average Bonchev–Trinajstić information content (AvgIpc) is 2.61. The van der Waals surface area contributed by atoms with Crippen LogP contribution in [0.5, 0.6) is 0 Å². The fourth-order valence-electron chi connectivity index (χ4n) is 1.50. The molecule has 0 amide bonds. The van der Waals surface area contributed by atoms with Crippen LogP contribution in [0.15, 0.2) is 22.8 Å². The van der Waals surface area contributed by atoms with E-state index in [1.807, 2.05) is 5.32 Å². The van der Waals surface area contributed by atoms with Gasteiger partial charge >= 0.3 is 12.4 Å². The highest BCUT2D eigenvalue weighted by Crippen LogP contribution is 2.46. The van der Waals surface area contributed by atoms with Crippen molar-refractivity contribution in [1.29, 1.82) is 0 Å². The van der Waals surface area contributed by atoms with Crippen molar-refractivity contribution in [3.05, 3.63) is 24.2 Å². The SMILES string of the molecule is CNC(c1ccco1)C(C(F)(F)F)C(F)(F)F. The van der Waals surface area contributed by atoms with E-state index in [2.05, 4.69) is 4.42 Å². The van der Waals surface area contributed by atoms with Crippen molar-refractivity contribution >= 4 is 0 Å². The maximum Gasteiger partial charge on any atom is 0.402 e. The molecule has 0 bridgehead atoms. The van der Waals surface area contributed by atoms with Gasteiger partial charge in [-0.2, -0.15) is 26.3 Å². The van der Waals surface area contributed by atoms with E-state index < -0.39 is 30.1 Å². The largest absolute Gasteiger partial charge is 0.468 e. The Morgan fingerprint density at radius 1 is 1.12 bits per heavy atom. The first-order valence-corrected chi connectivity index (χ1v) is 4.52. The molecule has 1 aromatic rings. The van der Waals surface area contributed by atoms with E-state index in [9.17, 15) is 26.3 Å². The third-order valence-electron chi connectivity index (χ3n) is 2.20. The molecule has 1 N–H and O–H groups in total. The minimum atomic E-state index is -5.40. The van der Waals surface area contributed by atoms with Crippen LogP contribution in [0, 0.1) is 5.92 Å². The molecule has 1 heterocycles. The molecule has 0 radical (unpaired) electrons. The standard InChI is InChI=1S/C9H9F6NO/c1-16-6(5-3-2-4-17-5)7(8(10,11)12)9(13,14)15/h2-4,6-7,16H,1H3. The van der Waals surface area contributed by atoms with Crippen LogP contribution in [0.2, 0.25) is 0 Å². The Labute approximate surface area is 92.6 Å². The van der Waals surface area contributed by atoms with E-state index in [1.165, 1.54) is 6.07 Å². The maximum atomic E-state index is 12.4. The van der Waals surface area contributed by atoms with Gasteiger partial charge in [-0.3, -0.25) is 0 Å². The first kappa shape index (κ1) is 13.9. The number of hydrogen-bond donors (Lipinski definition) is 1. The van der Waals surface area contributed by atoms with Crippen molar-refractivity contribution < 1.29 is 30.8 Å². The van der Waals surface area contributed by atoms with Crippen LogP contribution in [-0.2, 0) is 0 Å². The minimum Gasteiger partial charge on any atom is -0.468 e. The number of halogens is 6. The third-order valence-corrected chi connectivity index (χ3v) is 2.20. The molecule has 0 aliphatic rings. The summed E-state index contributed by atoms with van der Waals surface area (Å²) in [7, 11) is 1.01. The van der Waals surface area contributed by atoms with E-state index in [-0.39, 0.29) is 0 Å². The summed E-state index contributed by atoms with van der Waals surface area (Å²) in [6.45, 7) is 0. The van der Waals surface area contributed by atoms with Crippen molar-refractivity contribution in [3.8, 4) is 0 Å². The van der Waals surface area contributed by atoms with E-state index in [1.54, 1.807) is 0 Å². The van der Waals surface area contributed by atoms with Crippen molar-refractivity contribution in [2.45, 2.75) is 18.4 Å². The smallest absolute Gasteiger partial charge is 0.402 e. The van der Waals surface area contributed by atoms with Crippen LogP contribution >= 0.6 is 0 Å². The highest BCUT2D eigenvalue weighted by atomic mass is 19.4. The highest BCUT2D eigenvalue weighted by Gasteiger charge is 2.60. The molecule has 1 atom stereocenters. The summed E-state index contributed by atoms with van der Waals surface area (Å²) in [4.78, 5) is 0. The molecule has 0 spiro atoms. The zero-order valence-electron chi connectivity index (χ0n) is 8.56. The molecule has 0 aliphatic heterocycles. The van der Waals surface area contributed by atoms with Gasteiger partial charge < -0.3 is 9.73 Å². The average molecular weight is 261 g/mol. The van der Waals surface area contributed by atoms with Crippen molar-refractivity contribution in [2.24, 2.45) is 5.92 Å². The Balaban J connectivity index is 3.13. The summed E-state index contributed by atoms with van der Waals surface area (Å²) in [5.74, 6) is -3.92. The lowest BCUT2D eigenvalue weighted by Gasteiger charge is -2.29. The molecule has 17 heavy (non-hydrogen) atoms. The number of furan rings is 1. The van der Waals surface area contributed by atoms with Crippen LogP contribution in [0.25, 0.3) is 0 Å². The van der Waals surface area contributed by atoms with Crippen molar-refractivity contribution in [2.75, 3.05) is 7.05 Å². The molecule has 2 nitrogen and oxygen atoms in total. The third kappa shape index (κ3) is 3.15. The quantitative estimate of drug-likeness (QED) is 0.845. The number of nitrogens with one attached hydrogen (secondary N) is 1. The highest BCUT2D eigenvalue weighted by molar-refractivity contribution is 5.08. The predicted octanol–water partition coefficient (Wildman–Crippen LogP) is 3.28. The Hall–Kier alpha value is -1.18. The molecule has 0 aromatic carbocycles. The van der Waals surface area contributed by atoms with Gasteiger partial charge in [-0.25, -0.2) is 0 Å². The Morgan fingerprint density at radius 2 is 1.65 bits per heavy atom. The first-order valence-electron chi connectivity index (χ1n) is 4.52. The van der Waals surface area contributed by atoms with Gasteiger partial charge in [-0.1, -0.05) is 0 Å². The minimum absolute atomic E-state index is 0.410. The molecule has 1 rings (SSSR count). The van der Waals surface area contributed by atoms with Gasteiger partial charge in [0.1, 0.15) is 5.76 Å². The summed E-state index contributed by atoms with van der Waals surface area (Å²) >= 11 is 0. The summed E-state index contributed by atoms with van der Waals surface area (Å²) < 4.78 is 79.3. The molecule has 0 saturated carbocycles. The molecule has 0 saturated heterocycles. The zero-order valence-corrected chi connectivity index (χ0v) is 8.56. The van der Waals surface area contributed by atoms with E-state index >= 15 is 0 Å². The van der Waals surface area contributed by atoms with Crippen LogP contribution in [0.3, 0.4) is 0 Å². The van der Waals surface area contributed by atoms with Gasteiger partial charge in [-0.15, -0.1) is 0 Å². The summed E-state index contributed by atoms with van der Waals surface area (Å²) in [6.07, 6.45) is -9.79. The van der Waals surface area contributed by atoms with Crippen LogP contribution < -0.4 is 5.32 Å². The molecular formula is C9H9F6NO. The van der Waals surface area contributed by atoms with Crippen molar-refractivity contribution in [3.63, 3.8) is 0 Å². The fourth-order valence-corrected chi connectivity index (χ4v) is 1.50. The zero-order chi connectivity index (χ0) is 13.3. The van der Waals surface area contributed by atoms with Gasteiger partial charge in [0.25, 0.3) is 0 Å². The topological polar surface area (TPSA) is 25.2 Å². The van der Waals surface area contributed by atoms with Crippen LogP contribution in [0.1, 0.15) is 11.8 Å². The second-order valence-corrected chi connectivity index (χ2v) is 3.34. The second kappa shape index (κ2) is 4.59. The number of alkyl halides is 6. The molecule has 0 aliphatic carbocycles. The summed E-state index contributed by atoms with van der Waals surface area (Å²) in [5.41, 5.74) is 0. The Bertz CT molecular complexity index is 327. The molecular weight excluding hydrogens is 252 g/mol. The molecule has 8 heteroatoms. The normalized spacial score (nSPS) is 15.3. The second-order valence-electron chi connectivity index (χ2n) is 3.34. The van der Waals surface area contributed by atoms with Gasteiger partial charge in [0.05, 0.1) is 12.3 Å². The lowest BCUT2D eigenvalue weighted by molar-refractivity contribution is -0.293. The predicted molar refractivity (Wildman–Crippen MR) is 46.1 cm³/mol. The monoisotopic (exact) mass is 261 g/mol. The lowest BCUT2D eigenvalue weighted by atomic mass is 9.96. The lowest BCUT2D eigenvalue weighted by Crippen LogP contribution is -2.44. The van der Waals surface area contributed by atoms with Crippen LogP contribution in [-0.4, -0.2) is 19.4 Å². The first-order chi connectivity index (χ1) is 7.68. The molecule has 0 fully saturated rings. The number of hydrogen-bond acceptors (Lipinski definition) is 2. The van der Waals surface area contributed by atoms with Crippen molar-refractivity contribution in [1.82, 2.24) is 5.32 Å². The van der Waals surface area contributed by atoms with E-state index in [4.69, 9.17) is 0 Å². The molecule has 98 valence electrons. The van der Waals surface area contributed by atoms with E-state index in [0.29, 0.717) is 0 Å². The Kier molecular flexibility index (Phi) is 3.75. The maximum absolute atomic E-state index is 12.4. The summed E-state index contributed by atoms with van der Waals surface area (Å²) in [5, 5.41) is 1.98.